The molecule has 6 aromatic rings. The Labute approximate surface area is 463 Å². The molecule has 2 amide bonds. The molecule has 3 fully saturated rings. The highest BCUT2D eigenvalue weighted by Crippen LogP contribution is 2.58. The summed E-state index contributed by atoms with van der Waals surface area (Å²) in [5.74, 6) is -0.531. The number of hydrogen-bond acceptors (Lipinski definition) is 20. The van der Waals surface area contributed by atoms with Crippen molar-refractivity contribution in [2.24, 2.45) is 0 Å². The van der Waals surface area contributed by atoms with Crippen LogP contribution in [0.1, 0.15) is 81.1 Å². The lowest BCUT2D eigenvalue weighted by atomic mass is 10.1. The van der Waals surface area contributed by atoms with E-state index >= 15 is 0 Å². The summed E-state index contributed by atoms with van der Waals surface area (Å²) in [6.07, 6.45) is -3.34. The third-order valence-corrected chi connectivity index (χ3v) is 27.5. The average Bonchev–Trinajstić information content (AvgIpc) is 4.38. The summed E-state index contributed by atoms with van der Waals surface area (Å²) in [5, 5.41) is 14.7. The van der Waals surface area contributed by atoms with E-state index in [1.807, 2.05) is 6.07 Å². The molecule has 416 valence electrons. The monoisotopic (exact) mass is 1180 g/mol. The zero-order chi connectivity index (χ0) is 56.0. The van der Waals surface area contributed by atoms with Crippen molar-refractivity contribution in [1.29, 1.82) is 5.26 Å². The first-order valence-electron chi connectivity index (χ1n) is 25.1. The van der Waals surface area contributed by atoms with E-state index in [2.05, 4.69) is 114 Å². The second-order valence-electron chi connectivity index (χ2n) is 21.9. The van der Waals surface area contributed by atoms with Gasteiger partial charge in [-0.15, -0.1) is 0 Å². The molecule has 3 aliphatic rings. The third kappa shape index (κ3) is 12.3. The maximum absolute atomic E-state index is 13.4. The van der Waals surface area contributed by atoms with E-state index in [0.29, 0.717) is 11.1 Å². The smallest absolute Gasteiger partial charge is 0.327 e. The van der Waals surface area contributed by atoms with Crippen LogP contribution in [0, 0.1) is 11.3 Å². The molecule has 0 spiro atoms. The Morgan fingerprint density at radius 3 is 1.71 bits per heavy atom. The lowest BCUT2D eigenvalue weighted by molar-refractivity contribution is -0.0619. The molecular formula is C49H63N11O12P2S2Si2. The van der Waals surface area contributed by atoms with Gasteiger partial charge in [-0.3, -0.25) is 27.8 Å². The van der Waals surface area contributed by atoms with Crippen molar-refractivity contribution >= 4 is 99.5 Å². The summed E-state index contributed by atoms with van der Waals surface area (Å²) in [5.41, 5.74) is 1.84. The summed E-state index contributed by atoms with van der Waals surface area (Å²) in [7, 11) is -5.55. The van der Waals surface area contributed by atoms with Gasteiger partial charge in [0, 0.05) is 11.1 Å². The zero-order valence-electron chi connectivity index (χ0n) is 44.7. The van der Waals surface area contributed by atoms with E-state index in [4.69, 9.17) is 64.6 Å². The molecule has 0 saturated carbocycles. The Bertz CT molecular complexity index is 3310. The molecule has 2 bridgehead atoms. The number of carbonyl (C=O) groups is 2. The van der Waals surface area contributed by atoms with Gasteiger partial charge in [0.05, 0.1) is 45.0 Å². The summed E-state index contributed by atoms with van der Waals surface area (Å²) in [6.45, 7) is 11.4. The largest absolute Gasteiger partial charge is 0.408 e. The van der Waals surface area contributed by atoms with Gasteiger partial charge in [-0.05, 0) is 84.1 Å². The van der Waals surface area contributed by atoms with Gasteiger partial charge in [-0.1, -0.05) is 77.9 Å². The molecule has 0 aliphatic carbocycles. The number of ether oxygens (including phenoxy) is 2. The van der Waals surface area contributed by atoms with Gasteiger partial charge in [0.2, 0.25) is 0 Å². The predicted octanol–water partition coefficient (Wildman–Crippen LogP) is 8.94. The number of amides is 2. The number of imidazole rings is 2. The van der Waals surface area contributed by atoms with Gasteiger partial charge < -0.3 is 47.4 Å². The minimum Gasteiger partial charge on any atom is -0.408 e. The molecule has 23 nitrogen and oxygen atoms in total. The minimum absolute atomic E-state index is 0.0659. The Kier molecular flexibility index (Phi) is 16.9. The molecule has 78 heavy (non-hydrogen) atoms. The second-order valence-corrected chi connectivity index (χ2v) is 37.2. The van der Waals surface area contributed by atoms with Crippen LogP contribution in [0.4, 0.5) is 11.6 Å². The maximum atomic E-state index is 13.4. The van der Waals surface area contributed by atoms with Crippen LogP contribution < -0.4 is 10.6 Å². The van der Waals surface area contributed by atoms with Crippen molar-refractivity contribution < 1.29 is 55.4 Å². The third-order valence-electron chi connectivity index (χ3n) is 14.6. The summed E-state index contributed by atoms with van der Waals surface area (Å²) in [6, 6.07) is 19.4. The Hall–Kier alpha value is -4.70. The first-order valence-corrected chi connectivity index (χ1v) is 36.1. The molecule has 3 aliphatic heterocycles. The van der Waals surface area contributed by atoms with Crippen molar-refractivity contribution in [2.45, 2.75) is 133 Å². The topological polar surface area (TPSA) is 272 Å². The highest BCUT2D eigenvalue weighted by molar-refractivity contribution is 8.07. The lowest BCUT2D eigenvalue weighted by Crippen LogP contribution is -2.50. The second kappa shape index (κ2) is 22.7. The molecule has 3 N–H and O–H groups in total. The van der Waals surface area contributed by atoms with E-state index in [1.165, 1.54) is 25.3 Å². The normalized spacial score (nSPS) is 27.3. The number of rotatable bonds is 13. The summed E-state index contributed by atoms with van der Waals surface area (Å²) in [4.78, 5) is 66.3. The van der Waals surface area contributed by atoms with Crippen molar-refractivity contribution in [1.82, 2.24) is 39.0 Å². The molecular weight excluding hydrogens is 1120 g/mol. The summed E-state index contributed by atoms with van der Waals surface area (Å²) >= 11 is 12.2. The molecule has 9 rings (SSSR count). The average molecular weight is 1180 g/mol. The summed E-state index contributed by atoms with van der Waals surface area (Å²) < 4.78 is 64.6. The van der Waals surface area contributed by atoms with Gasteiger partial charge in [-0.2, -0.15) is 5.26 Å². The lowest BCUT2D eigenvalue weighted by Gasteiger charge is -2.41. The Morgan fingerprint density at radius 2 is 1.19 bits per heavy atom. The van der Waals surface area contributed by atoms with E-state index in [1.54, 1.807) is 63.7 Å². The van der Waals surface area contributed by atoms with Crippen LogP contribution in [0.3, 0.4) is 0 Å². The number of hydrogen-bond donors (Lipinski definition) is 3. The minimum atomic E-state index is -4.33. The molecule has 0 radical (unpaired) electrons. The number of nitriles is 1. The Morgan fingerprint density at radius 1 is 0.705 bits per heavy atom. The molecule has 4 aromatic heterocycles. The molecule has 3 unspecified atom stereocenters. The van der Waals surface area contributed by atoms with Gasteiger partial charge in [0.25, 0.3) is 11.8 Å². The van der Waals surface area contributed by atoms with Gasteiger partial charge in [0.15, 0.2) is 63.1 Å². The van der Waals surface area contributed by atoms with Crippen LogP contribution >= 0.6 is 13.4 Å². The van der Waals surface area contributed by atoms with Crippen LogP contribution in [-0.2, 0) is 64.6 Å². The van der Waals surface area contributed by atoms with Crippen molar-refractivity contribution in [3.63, 3.8) is 0 Å². The van der Waals surface area contributed by atoms with Gasteiger partial charge in [-0.25, -0.2) is 29.9 Å². The highest BCUT2D eigenvalue weighted by atomic mass is 32.5. The Balaban J connectivity index is 1.12. The number of carbonyl (C=O) groups excluding carboxylic acids is 2. The number of fused-ring (bicyclic) bond motifs is 5. The van der Waals surface area contributed by atoms with Crippen LogP contribution in [0.25, 0.3) is 22.3 Å². The SMILES string of the molecule is CC(C)(C)[Si](C)(C)OC1[C@H]2O[P@@](=S)(OCCC#N)OC[C@H]3O[C@@H](n4cnc5c(NC(=O)c6ccccc6)ncnc54)C(O[Si](C)(C)C(C)(C)C)[C@@H]3OP(O)(=S)OC[C@H]1O[C@H]2n1cnc2c(NC(=O)c3ccccc3)ncnc21. The number of aromatic nitrogens is 8. The zero-order valence-corrected chi connectivity index (χ0v) is 50.1. The number of benzene rings is 2. The molecule has 3 saturated heterocycles. The molecule has 29 heteroatoms. The quantitative estimate of drug-likeness (QED) is 0.0553. The number of nitrogens with zero attached hydrogens (tertiary/aromatic N) is 9. The molecule has 2 aromatic carbocycles. The first-order chi connectivity index (χ1) is 36.8. The molecule has 7 heterocycles. The van der Waals surface area contributed by atoms with Gasteiger partial charge in [0.1, 0.15) is 49.3 Å². The van der Waals surface area contributed by atoms with E-state index in [-0.39, 0.29) is 63.7 Å². The van der Waals surface area contributed by atoms with Crippen LogP contribution in [0.5, 0.6) is 0 Å². The number of anilines is 2. The van der Waals surface area contributed by atoms with Crippen molar-refractivity contribution in [3.8, 4) is 6.07 Å². The van der Waals surface area contributed by atoms with E-state index < -0.39 is 97.6 Å². The first kappa shape index (κ1) is 58.0. The van der Waals surface area contributed by atoms with Gasteiger partial charge >= 0.3 is 13.4 Å². The van der Waals surface area contributed by atoms with Crippen LogP contribution in [-0.4, -0.2) is 129 Å². The highest BCUT2D eigenvalue weighted by Gasteiger charge is 2.57. The van der Waals surface area contributed by atoms with Crippen molar-refractivity contribution in [2.75, 3.05) is 30.5 Å². The van der Waals surface area contributed by atoms with Crippen molar-refractivity contribution in [3.05, 3.63) is 97.1 Å². The number of nitrogens with one attached hydrogen (secondary N) is 2. The fourth-order valence-corrected chi connectivity index (χ4v) is 14.6. The van der Waals surface area contributed by atoms with Crippen LogP contribution in [0.15, 0.2) is 86.0 Å². The maximum Gasteiger partial charge on any atom is 0.327 e. The fraction of sp³-hybridized carbons (Fsp3) is 0.490. The molecule has 10 atom stereocenters. The van der Waals surface area contributed by atoms with Crippen LogP contribution in [0.2, 0.25) is 36.3 Å². The predicted molar refractivity (Wildman–Crippen MR) is 300 cm³/mol. The standard InChI is InChI=1S/C49H63N11O12P2S2Si2/c1-48(2,3)77(7,8)71-37-33-24-65-73(63,75)69-36-32(67-47(39(36)72-78(9,10)49(4,5)6)60-29-56-35-41(52-27-54-43(35)60)58-45(62)31-20-15-12-16-21-31)25-66-74(76,64-23-17-22-50)70-38(37)46(68-33)59-28-55-34-40(51-26-53-42(34)59)57-44(61)30-18-13-11-14-19-30/h11-16,18-21,26-29,32-33,36-39,46-47H,17,23-25H2,1-10H3,(H,63,75)(H,51,53,57,61)(H,52,54,58,62)/t32-,33-,36-,37?,38-,39?,46-,47-,73?,74-/m1/s1. The fourth-order valence-electron chi connectivity index (χ4n) is 8.44. The van der Waals surface area contributed by atoms with E-state index in [9.17, 15) is 19.7 Å². The van der Waals surface area contributed by atoms with E-state index in [0.717, 1.165) is 0 Å².